The minimum Gasteiger partial charge on any atom is -1.00 e. The van der Waals surface area contributed by atoms with Crippen molar-refractivity contribution >= 4 is 0 Å². The third-order valence-electron chi connectivity index (χ3n) is 6.40. The number of hydrogen-bond donors (Lipinski definition) is 0. The van der Waals surface area contributed by atoms with Gasteiger partial charge in [-0.15, -0.1) is 0 Å². The first-order chi connectivity index (χ1) is 11.4. The van der Waals surface area contributed by atoms with Gasteiger partial charge in [0.15, 0.2) is 0 Å². The van der Waals surface area contributed by atoms with Gasteiger partial charge in [-0.3, -0.25) is 0 Å². The molecule has 3 heteroatoms. The van der Waals surface area contributed by atoms with Crippen LogP contribution < -0.4 is 24.8 Å². The first kappa shape index (κ1) is 21.7. The molecule has 2 fully saturated rings. The predicted molar refractivity (Wildman–Crippen MR) is 94.7 cm³/mol. The Kier molecular flexibility index (Phi) is 9.28. The normalized spacial score (nSPS) is 24.3. The van der Waals surface area contributed by atoms with E-state index in [2.05, 4.69) is 24.3 Å². The van der Waals surface area contributed by atoms with Gasteiger partial charge < -0.3 is 24.8 Å². The van der Waals surface area contributed by atoms with Crippen LogP contribution >= 0.6 is 0 Å². The minimum atomic E-state index is -0.562. The van der Waals surface area contributed by atoms with Crippen molar-refractivity contribution < 1.29 is 48.0 Å². The molecule has 0 aromatic rings. The first-order valence-corrected chi connectivity index (χ1v) is 12.4. The van der Waals surface area contributed by atoms with Crippen molar-refractivity contribution in [1.82, 2.24) is 0 Å². The van der Waals surface area contributed by atoms with Crippen molar-refractivity contribution in [2.75, 3.05) is 0 Å². The predicted octanol–water partition coefficient (Wildman–Crippen LogP) is 0.666. The van der Waals surface area contributed by atoms with E-state index in [4.69, 9.17) is 0 Å². The van der Waals surface area contributed by atoms with Crippen molar-refractivity contribution in [2.45, 2.75) is 77.0 Å². The van der Waals surface area contributed by atoms with Crippen LogP contribution in [0, 0.1) is 11.8 Å². The standard InChI is InChI=1S/2C11H15.2ClH.Zr/c2*1-2-6-10(7-3-1)11-8-4-5-9-11;;;/h2*4-5,10H,1-3,6-8H2;2*1H;/q;;;;+2/p-2. The van der Waals surface area contributed by atoms with Gasteiger partial charge >= 0.3 is 154 Å². The van der Waals surface area contributed by atoms with Crippen LogP contribution in [0.25, 0.3) is 0 Å². The quantitative estimate of drug-likeness (QED) is 0.583. The topological polar surface area (TPSA) is 0 Å². The van der Waals surface area contributed by atoms with Crippen LogP contribution in [0.1, 0.15) is 77.0 Å². The van der Waals surface area contributed by atoms with E-state index in [-0.39, 0.29) is 24.8 Å². The number of hydrogen-bond acceptors (Lipinski definition) is 0. The van der Waals surface area contributed by atoms with Gasteiger partial charge in [-0.1, -0.05) is 0 Å². The van der Waals surface area contributed by atoms with Crippen LogP contribution in [0.2, 0.25) is 0 Å². The van der Waals surface area contributed by atoms with Gasteiger partial charge in [-0.2, -0.15) is 0 Å². The zero-order chi connectivity index (χ0) is 15.5. The molecule has 0 atom stereocenters. The van der Waals surface area contributed by atoms with Gasteiger partial charge in [0.25, 0.3) is 0 Å². The van der Waals surface area contributed by atoms with Crippen LogP contribution in [0.15, 0.2) is 42.0 Å². The second-order valence-electron chi connectivity index (χ2n) is 7.89. The molecule has 0 radical (unpaired) electrons. The maximum atomic E-state index is 2.54. The summed E-state index contributed by atoms with van der Waals surface area (Å²) < 4.78 is 3.71. The van der Waals surface area contributed by atoms with E-state index in [0.717, 1.165) is 11.8 Å². The molecule has 0 unspecified atom stereocenters. The van der Waals surface area contributed by atoms with Gasteiger partial charge in [0.05, 0.1) is 0 Å². The van der Waals surface area contributed by atoms with Gasteiger partial charge in [-0.05, 0) is 0 Å². The Labute approximate surface area is 178 Å². The van der Waals surface area contributed by atoms with E-state index in [1.807, 2.05) is 17.7 Å². The van der Waals surface area contributed by atoms with E-state index >= 15 is 0 Å². The van der Waals surface area contributed by atoms with E-state index in [1.165, 1.54) is 77.0 Å². The molecule has 4 aliphatic carbocycles. The zero-order valence-electron chi connectivity index (χ0n) is 15.2. The van der Waals surface area contributed by atoms with Crippen LogP contribution in [0.3, 0.4) is 0 Å². The second kappa shape index (κ2) is 10.7. The molecule has 0 nitrogen and oxygen atoms in total. The van der Waals surface area contributed by atoms with Crippen LogP contribution in [-0.4, -0.2) is 0 Å². The molecule has 2 saturated carbocycles. The third kappa shape index (κ3) is 5.24. The summed E-state index contributed by atoms with van der Waals surface area (Å²) in [5.41, 5.74) is 3.76. The monoisotopic (exact) mass is 454 g/mol. The average molecular weight is 457 g/mol. The van der Waals surface area contributed by atoms with Crippen LogP contribution in [0.4, 0.5) is 0 Å². The molecule has 0 aromatic carbocycles. The fourth-order valence-electron chi connectivity index (χ4n) is 5.11. The molecule has 0 amide bonds. The molecule has 136 valence electrons. The number of rotatable bonds is 4. The summed E-state index contributed by atoms with van der Waals surface area (Å²) in [7, 11) is 0. The van der Waals surface area contributed by atoms with Crippen molar-refractivity contribution in [2.24, 2.45) is 11.8 Å². The van der Waals surface area contributed by atoms with E-state index in [0.29, 0.717) is 0 Å². The first-order valence-electron chi connectivity index (χ1n) is 9.98. The van der Waals surface area contributed by atoms with E-state index < -0.39 is 23.2 Å². The van der Waals surface area contributed by atoms with E-state index in [9.17, 15) is 0 Å². The largest absolute Gasteiger partial charge is 1.00 e. The Morgan fingerprint density at radius 1 is 0.600 bits per heavy atom. The number of halogens is 2. The molecule has 0 aromatic heterocycles. The van der Waals surface area contributed by atoms with Gasteiger partial charge in [0.2, 0.25) is 0 Å². The van der Waals surface area contributed by atoms with Crippen molar-refractivity contribution in [3.63, 3.8) is 0 Å². The molecule has 0 spiro atoms. The van der Waals surface area contributed by atoms with Gasteiger partial charge in [0, 0.05) is 0 Å². The molecule has 4 aliphatic rings. The Morgan fingerprint density at radius 3 is 1.40 bits per heavy atom. The summed E-state index contributed by atoms with van der Waals surface area (Å²) in [6.45, 7) is 0. The molecule has 0 bridgehead atoms. The summed E-state index contributed by atoms with van der Waals surface area (Å²) in [5, 5.41) is 0. The Balaban J connectivity index is 0.00000113. The summed E-state index contributed by atoms with van der Waals surface area (Å²) in [6.07, 6.45) is 27.4. The van der Waals surface area contributed by atoms with Crippen molar-refractivity contribution in [3.8, 4) is 0 Å². The van der Waals surface area contributed by atoms with Crippen LogP contribution in [0.5, 0.6) is 0 Å². The summed E-state index contributed by atoms with van der Waals surface area (Å²) in [5.74, 6) is 1.89. The minimum absolute atomic E-state index is 0. The van der Waals surface area contributed by atoms with Crippen molar-refractivity contribution in [3.05, 3.63) is 42.0 Å². The van der Waals surface area contributed by atoms with Gasteiger partial charge in [-0.25, -0.2) is 0 Å². The smallest absolute Gasteiger partial charge is 1.00 e. The SMILES string of the molecule is C1=C[C]([Zr+2][C]2=C(C3CCCCC3)CC=C2)=C(C2CCCCC2)C1.[Cl-].[Cl-]. The third-order valence-corrected chi connectivity index (χ3v) is 10.1. The Hall–Kier alpha value is 0.423. The maximum Gasteiger partial charge on any atom is -1.00 e. The molecule has 0 aliphatic heterocycles. The fourth-order valence-corrected chi connectivity index (χ4v) is 9.10. The average Bonchev–Trinajstić information content (AvgIpc) is 3.26. The Morgan fingerprint density at radius 2 is 1.00 bits per heavy atom. The molecule has 0 heterocycles. The fraction of sp³-hybridized carbons (Fsp3) is 0.636. The molecular weight excluding hydrogens is 426 g/mol. The molecule has 0 N–H and O–H groups in total. The second-order valence-corrected chi connectivity index (χ2v) is 11.1. The summed E-state index contributed by atoms with van der Waals surface area (Å²) >= 11 is -0.562. The molecular formula is C22H30Cl2Zr. The van der Waals surface area contributed by atoms with Crippen molar-refractivity contribution in [1.29, 1.82) is 0 Å². The molecule has 25 heavy (non-hydrogen) atoms. The zero-order valence-corrected chi connectivity index (χ0v) is 19.2. The Bertz CT molecular complexity index is 509. The molecule has 0 saturated heterocycles. The number of allylic oxidation sites excluding steroid dienone is 8. The molecule has 4 rings (SSSR count). The maximum absolute atomic E-state index is 2.54. The van der Waals surface area contributed by atoms with Gasteiger partial charge in [0.1, 0.15) is 0 Å². The summed E-state index contributed by atoms with van der Waals surface area (Å²) in [4.78, 5) is 0. The van der Waals surface area contributed by atoms with Crippen LogP contribution in [-0.2, 0) is 23.2 Å². The summed E-state index contributed by atoms with van der Waals surface area (Å²) in [6, 6.07) is 0. The van der Waals surface area contributed by atoms with E-state index in [1.54, 1.807) is 0 Å².